The standard InChI is InChI=1S/C23H22N6O3/c30-21-12-11-18(26-29(21)15-16-32-17-7-2-1-3-8-17)23(31)27-14-6-9-19(27)22-25-24-20-10-4-5-13-28(20)22/h1-5,7-8,10-13,19H,6,9,14-16H2/t19-/m1/s1. The van der Waals surface area contributed by atoms with E-state index < -0.39 is 0 Å². The highest BCUT2D eigenvalue weighted by Gasteiger charge is 2.34. The number of carbonyl (C=O) groups excluding carboxylic acids is 1. The first-order valence-electron chi connectivity index (χ1n) is 10.6. The van der Waals surface area contributed by atoms with Crippen molar-refractivity contribution < 1.29 is 9.53 Å². The summed E-state index contributed by atoms with van der Waals surface area (Å²) in [5.74, 6) is 1.22. The van der Waals surface area contributed by atoms with Crippen molar-refractivity contribution in [3.05, 3.63) is 88.7 Å². The SMILES string of the molecule is O=C(c1ccc(=O)n(CCOc2ccccc2)n1)N1CCC[C@@H]1c1nnc2ccccn12. The van der Waals surface area contributed by atoms with Crippen LogP contribution in [-0.4, -0.2) is 48.3 Å². The van der Waals surface area contributed by atoms with Crippen LogP contribution in [0.15, 0.2) is 71.7 Å². The second-order valence-electron chi connectivity index (χ2n) is 7.59. The normalized spacial score (nSPS) is 15.9. The molecule has 0 radical (unpaired) electrons. The molecule has 0 N–H and O–H groups in total. The molecule has 9 heteroatoms. The molecular formula is C23H22N6O3. The molecule has 1 fully saturated rings. The van der Waals surface area contributed by atoms with Crippen molar-refractivity contribution in [2.24, 2.45) is 0 Å². The largest absolute Gasteiger partial charge is 0.492 e. The number of ether oxygens (including phenoxy) is 1. The Morgan fingerprint density at radius 3 is 2.75 bits per heavy atom. The number of hydrogen-bond donors (Lipinski definition) is 0. The van der Waals surface area contributed by atoms with Gasteiger partial charge in [0.1, 0.15) is 18.1 Å². The summed E-state index contributed by atoms with van der Waals surface area (Å²) in [5.41, 5.74) is 0.691. The summed E-state index contributed by atoms with van der Waals surface area (Å²) >= 11 is 0. The summed E-state index contributed by atoms with van der Waals surface area (Å²) in [5, 5.41) is 12.9. The Bertz CT molecular complexity index is 1300. The smallest absolute Gasteiger partial charge is 0.274 e. The number of benzene rings is 1. The lowest BCUT2D eigenvalue weighted by molar-refractivity contribution is 0.0720. The Labute approximate surface area is 183 Å². The predicted molar refractivity (Wildman–Crippen MR) is 116 cm³/mol. The highest BCUT2D eigenvalue weighted by Crippen LogP contribution is 2.32. The van der Waals surface area contributed by atoms with Gasteiger partial charge in [0.15, 0.2) is 11.5 Å². The fraction of sp³-hybridized carbons (Fsp3) is 0.261. The van der Waals surface area contributed by atoms with Crippen LogP contribution < -0.4 is 10.3 Å². The first-order chi connectivity index (χ1) is 15.7. The molecule has 9 nitrogen and oxygen atoms in total. The number of rotatable bonds is 6. The molecule has 0 spiro atoms. The Kier molecular flexibility index (Phi) is 5.37. The number of nitrogens with zero attached hydrogens (tertiary/aromatic N) is 6. The van der Waals surface area contributed by atoms with Gasteiger partial charge in [0.2, 0.25) is 0 Å². The number of hydrogen-bond acceptors (Lipinski definition) is 6. The number of amides is 1. The predicted octanol–water partition coefficient (Wildman–Crippen LogP) is 2.34. The summed E-state index contributed by atoms with van der Waals surface area (Å²) in [6, 6.07) is 17.7. The van der Waals surface area contributed by atoms with Gasteiger partial charge < -0.3 is 9.64 Å². The van der Waals surface area contributed by atoms with Gasteiger partial charge in [0.25, 0.3) is 11.5 Å². The lowest BCUT2D eigenvalue weighted by Crippen LogP contribution is -2.34. The van der Waals surface area contributed by atoms with Gasteiger partial charge in [-0.25, -0.2) is 4.68 Å². The third kappa shape index (κ3) is 3.84. The van der Waals surface area contributed by atoms with Crippen molar-refractivity contribution in [1.82, 2.24) is 29.3 Å². The van der Waals surface area contributed by atoms with Crippen molar-refractivity contribution in [1.29, 1.82) is 0 Å². The Morgan fingerprint density at radius 1 is 1.03 bits per heavy atom. The van der Waals surface area contributed by atoms with Crippen molar-refractivity contribution >= 4 is 11.6 Å². The van der Waals surface area contributed by atoms with Gasteiger partial charge in [0.05, 0.1) is 12.6 Å². The third-order valence-corrected chi connectivity index (χ3v) is 5.55. The first kappa shape index (κ1) is 19.9. The van der Waals surface area contributed by atoms with Crippen LogP contribution in [-0.2, 0) is 6.54 Å². The molecule has 1 aromatic carbocycles. The van der Waals surface area contributed by atoms with E-state index in [1.54, 1.807) is 4.90 Å². The molecule has 1 saturated heterocycles. The van der Waals surface area contributed by atoms with Gasteiger partial charge in [-0.2, -0.15) is 5.10 Å². The summed E-state index contributed by atoms with van der Waals surface area (Å²) in [6.07, 6.45) is 3.56. The van der Waals surface area contributed by atoms with Crippen molar-refractivity contribution in [3.63, 3.8) is 0 Å². The van der Waals surface area contributed by atoms with E-state index in [-0.39, 0.29) is 36.4 Å². The summed E-state index contributed by atoms with van der Waals surface area (Å²) in [7, 11) is 0. The maximum atomic E-state index is 13.3. The highest BCUT2D eigenvalue weighted by atomic mass is 16.5. The van der Waals surface area contributed by atoms with Crippen LogP contribution in [0.25, 0.3) is 5.65 Å². The maximum absolute atomic E-state index is 13.3. The van der Waals surface area contributed by atoms with Crippen molar-refractivity contribution in [2.45, 2.75) is 25.4 Å². The van der Waals surface area contributed by atoms with Gasteiger partial charge in [-0.3, -0.25) is 14.0 Å². The van der Waals surface area contributed by atoms with Crippen LogP contribution in [0.5, 0.6) is 5.75 Å². The lowest BCUT2D eigenvalue weighted by Gasteiger charge is -2.23. The average molecular weight is 430 g/mol. The minimum atomic E-state index is -0.278. The number of likely N-dealkylation sites (tertiary alicyclic amines) is 1. The van der Waals surface area contributed by atoms with Gasteiger partial charge >= 0.3 is 0 Å². The van der Waals surface area contributed by atoms with Crippen LogP contribution in [0, 0.1) is 0 Å². The van der Waals surface area contributed by atoms with Crippen LogP contribution in [0.1, 0.15) is 35.2 Å². The quantitative estimate of drug-likeness (QED) is 0.466. The zero-order valence-corrected chi connectivity index (χ0v) is 17.4. The van der Waals surface area contributed by atoms with E-state index in [2.05, 4.69) is 15.3 Å². The van der Waals surface area contributed by atoms with Gasteiger partial charge in [-0.05, 0) is 43.2 Å². The topological polar surface area (TPSA) is 94.6 Å². The van der Waals surface area contributed by atoms with Gasteiger partial charge in [-0.1, -0.05) is 24.3 Å². The first-order valence-corrected chi connectivity index (χ1v) is 10.6. The van der Waals surface area contributed by atoms with E-state index in [0.29, 0.717) is 12.3 Å². The second-order valence-corrected chi connectivity index (χ2v) is 7.59. The zero-order valence-electron chi connectivity index (χ0n) is 17.4. The maximum Gasteiger partial charge on any atom is 0.274 e. The van der Waals surface area contributed by atoms with Crippen molar-refractivity contribution in [2.75, 3.05) is 13.2 Å². The number of fused-ring (bicyclic) bond motifs is 1. The Balaban J connectivity index is 1.34. The molecule has 1 amide bonds. The van der Waals surface area contributed by atoms with Gasteiger partial charge in [-0.15, -0.1) is 10.2 Å². The molecule has 3 aromatic heterocycles. The molecule has 1 aliphatic rings. The van der Waals surface area contributed by atoms with Crippen LogP contribution >= 0.6 is 0 Å². The monoisotopic (exact) mass is 430 g/mol. The molecule has 0 saturated carbocycles. The molecule has 5 rings (SSSR count). The number of aromatic nitrogens is 5. The van der Waals surface area contributed by atoms with Gasteiger partial charge in [0, 0.05) is 18.8 Å². The average Bonchev–Trinajstić information content (AvgIpc) is 3.47. The molecular weight excluding hydrogens is 408 g/mol. The van der Waals surface area contributed by atoms with Crippen LogP contribution in [0.4, 0.5) is 0 Å². The van der Waals surface area contributed by atoms with E-state index in [0.717, 1.165) is 24.3 Å². The molecule has 0 unspecified atom stereocenters. The third-order valence-electron chi connectivity index (χ3n) is 5.55. The molecule has 1 aliphatic heterocycles. The van der Waals surface area contributed by atoms with Crippen LogP contribution in [0.3, 0.4) is 0 Å². The number of para-hydroxylation sites is 1. The molecule has 0 bridgehead atoms. The summed E-state index contributed by atoms with van der Waals surface area (Å²) in [6.45, 7) is 1.11. The fourth-order valence-electron chi connectivity index (χ4n) is 4.00. The number of pyridine rings is 1. The van der Waals surface area contributed by atoms with E-state index in [1.165, 1.54) is 16.8 Å². The molecule has 162 valence electrons. The fourth-order valence-corrected chi connectivity index (χ4v) is 4.00. The Morgan fingerprint density at radius 2 is 1.88 bits per heavy atom. The van der Waals surface area contributed by atoms with E-state index in [1.807, 2.05) is 59.1 Å². The number of carbonyl (C=O) groups is 1. The van der Waals surface area contributed by atoms with E-state index in [9.17, 15) is 9.59 Å². The van der Waals surface area contributed by atoms with E-state index in [4.69, 9.17) is 4.74 Å². The van der Waals surface area contributed by atoms with Crippen molar-refractivity contribution in [3.8, 4) is 5.75 Å². The Hall–Kier alpha value is -4.01. The van der Waals surface area contributed by atoms with Crippen LogP contribution in [0.2, 0.25) is 0 Å². The molecule has 4 heterocycles. The summed E-state index contributed by atoms with van der Waals surface area (Å²) < 4.78 is 8.84. The summed E-state index contributed by atoms with van der Waals surface area (Å²) in [4.78, 5) is 27.3. The molecule has 4 aromatic rings. The second kappa shape index (κ2) is 8.62. The molecule has 1 atom stereocenters. The molecule has 0 aliphatic carbocycles. The van der Waals surface area contributed by atoms with E-state index >= 15 is 0 Å². The minimum absolute atomic E-state index is 0.191. The minimum Gasteiger partial charge on any atom is -0.492 e. The molecule has 32 heavy (non-hydrogen) atoms. The highest BCUT2D eigenvalue weighted by molar-refractivity contribution is 5.92. The zero-order chi connectivity index (χ0) is 21.9. The lowest BCUT2D eigenvalue weighted by atomic mass is 10.2.